The number of carbonyl (C=O) groups is 1. The van der Waals surface area contributed by atoms with Gasteiger partial charge in [0.25, 0.3) is 0 Å². The van der Waals surface area contributed by atoms with Crippen molar-refractivity contribution in [1.82, 2.24) is 10.2 Å². The van der Waals surface area contributed by atoms with E-state index in [-0.39, 0.29) is 5.91 Å². The standard InChI is InChI=1S/C9H17BN2O3/c1-7(10(14)15)12-6-4-9(8(12)13)3-2-5-11-9/h7,11,14-15H,2-6H2,1H3/t7-,9+/m0/s1. The summed E-state index contributed by atoms with van der Waals surface area (Å²) >= 11 is 0. The average molecular weight is 212 g/mol. The summed E-state index contributed by atoms with van der Waals surface area (Å²) in [5.41, 5.74) is -0.400. The molecule has 0 bridgehead atoms. The van der Waals surface area contributed by atoms with Crippen LogP contribution < -0.4 is 5.32 Å². The smallest absolute Gasteiger partial charge is 0.426 e. The summed E-state index contributed by atoms with van der Waals surface area (Å²) < 4.78 is 0. The molecule has 0 aromatic carbocycles. The number of nitrogens with one attached hydrogen (secondary N) is 1. The Kier molecular flexibility index (Phi) is 2.74. The second-order valence-electron chi connectivity index (χ2n) is 4.52. The largest absolute Gasteiger partial charge is 0.475 e. The monoisotopic (exact) mass is 212 g/mol. The fraction of sp³-hybridized carbons (Fsp3) is 0.889. The highest BCUT2D eigenvalue weighted by Crippen LogP contribution is 2.32. The summed E-state index contributed by atoms with van der Waals surface area (Å²) in [5.74, 6) is -0.486. The van der Waals surface area contributed by atoms with E-state index >= 15 is 0 Å². The lowest BCUT2D eigenvalue weighted by Crippen LogP contribution is -2.52. The van der Waals surface area contributed by atoms with Gasteiger partial charge >= 0.3 is 7.12 Å². The third-order valence-electron chi connectivity index (χ3n) is 3.62. The second kappa shape index (κ2) is 3.77. The van der Waals surface area contributed by atoms with Gasteiger partial charge in [-0.2, -0.15) is 0 Å². The summed E-state index contributed by atoms with van der Waals surface area (Å²) in [6.45, 7) is 3.16. The molecular formula is C9H17BN2O3. The zero-order valence-electron chi connectivity index (χ0n) is 8.94. The van der Waals surface area contributed by atoms with Crippen LogP contribution in [0.5, 0.6) is 0 Å². The fourth-order valence-corrected chi connectivity index (χ4v) is 2.55. The molecule has 2 aliphatic heterocycles. The van der Waals surface area contributed by atoms with Crippen molar-refractivity contribution in [2.24, 2.45) is 0 Å². The molecule has 5 nitrogen and oxygen atoms in total. The van der Waals surface area contributed by atoms with Crippen LogP contribution in [-0.4, -0.2) is 52.5 Å². The van der Waals surface area contributed by atoms with E-state index in [1.165, 1.54) is 0 Å². The van der Waals surface area contributed by atoms with Crippen molar-refractivity contribution in [3.63, 3.8) is 0 Å². The Morgan fingerprint density at radius 3 is 2.80 bits per heavy atom. The SMILES string of the molecule is C[C@@H](B(O)O)N1CC[C@]2(CCCN2)C1=O. The van der Waals surface area contributed by atoms with E-state index in [1.54, 1.807) is 11.8 Å². The zero-order valence-corrected chi connectivity index (χ0v) is 8.94. The maximum Gasteiger partial charge on any atom is 0.475 e. The number of nitrogens with zero attached hydrogens (tertiary/aromatic N) is 1. The molecule has 1 amide bonds. The molecule has 2 saturated heterocycles. The zero-order chi connectivity index (χ0) is 11.1. The van der Waals surface area contributed by atoms with Gasteiger partial charge in [-0.05, 0) is 32.7 Å². The summed E-state index contributed by atoms with van der Waals surface area (Å²) in [4.78, 5) is 13.7. The molecule has 15 heavy (non-hydrogen) atoms. The first-order valence-corrected chi connectivity index (χ1v) is 5.49. The summed E-state index contributed by atoms with van der Waals surface area (Å²) in [5, 5.41) is 21.4. The lowest BCUT2D eigenvalue weighted by Gasteiger charge is -2.27. The van der Waals surface area contributed by atoms with Crippen molar-refractivity contribution in [2.75, 3.05) is 13.1 Å². The Morgan fingerprint density at radius 2 is 2.27 bits per heavy atom. The van der Waals surface area contributed by atoms with E-state index in [0.717, 1.165) is 25.8 Å². The van der Waals surface area contributed by atoms with E-state index in [4.69, 9.17) is 10.0 Å². The average Bonchev–Trinajstić information content (AvgIpc) is 2.77. The van der Waals surface area contributed by atoms with Gasteiger partial charge in [0.2, 0.25) is 5.91 Å². The summed E-state index contributed by atoms with van der Waals surface area (Å²) in [6.07, 6.45) is 2.68. The molecule has 2 heterocycles. The topological polar surface area (TPSA) is 72.8 Å². The van der Waals surface area contributed by atoms with Crippen molar-refractivity contribution in [2.45, 2.75) is 37.7 Å². The minimum Gasteiger partial charge on any atom is -0.426 e. The van der Waals surface area contributed by atoms with Crippen molar-refractivity contribution >= 4 is 13.0 Å². The van der Waals surface area contributed by atoms with Crippen LogP contribution in [0.25, 0.3) is 0 Å². The molecule has 2 atom stereocenters. The first-order valence-electron chi connectivity index (χ1n) is 5.49. The maximum atomic E-state index is 12.1. The highest BCUT2D eigenvalue weighted by atomic mass is 16.4. The molecule has 2 rings (SSSR count). The van der Waals surface area contributed by atoms with E-state index in [2.05, 4.69) is 5.32 Å². The van der Waals surface area contributed by atoms with E-state index in [9.17, 15) is 4.79 Å². The van der Waals surface area contributed by atoms with Crippen LogP contribution in [0.15, 0.2) is 0 Å². The Morgan fingerprint density at radius 1 is 1.53 bits per heavy atom. The van der Waals surface area contributed by atoms with Crippen LogP contribution in [0.3, 0.4) is 0 Å². The van der Waals surface area contributed by atoms with Gasteiger partial charge in [0.1, 0.15) is 0 Å². The Labute approximate surface area is 89.6 Å². The Bertz CT molecular complexity index is 266. The van der Waals surface area contributed by atoms with Gasteiger partial charge in [-0.1, -0.05) is 0 Å². The third-order valence-corrected chi connectivity index (χ3v) is 3.62. The number of hydrogen-bond donors (Lipinski definition) is 3. The van der Waals surface area contributed by atoms with Gasteiger partial charge in [0.05, 0.1) is 11.5 Å². The normalized spacial score (nSPS) is 32.7. The number of amides is 1. The molecule has 2 fully saturated rings. The molecule has 0 saturated carbocycles. The molecule has 6 heteroatoms. The minimum absolute atomic E-state index is 0.0283. The van der Waals surface area contributed by atoms with Crippen molar-refractivity contribution in [3.05, 3.63) is 0 Å². The van der Waals surface area contributed by atoms with Crippen LogP contribution in [0.1, 0.15) is 26.2 Å². The summed E-state index contributed by atoms with van der Waals surface area (Å²) in [6, 6.07) is 0. The van der Waals surface area contributed by atoms with Crippen molar-refractivity contribution < 1.29 is 14.8 Å². The predicted octanol–water partition coefficient (Wildman–Crippen LogP) is -1.26. The lowest BCUT2D eigenvalue weighted by molar-refractivity contribution is -0.133. The molecule has 0 aromatic heterocycles. The highest BCUT2D eigenvalue weighted by molar-refractivity contribution is 6.43. The van der Waals surface area contributed by atoms with Gasteiger partial charge in [-0.15, -0.1) is 0 Å². The molecule has 0 radical (unpaired) electrons. The molecule has 2 aliphatic rings. The van der Waals surface area contributed by atoms with Crippen molar-refractivity contribution in [1.29, 1.82) is 0 Å². The molecule has 1 spiro atoms. The highest BCUT2D eigenvalue weighted by Gasteiger charge is 2.50. The maximum absolute atomic E-state index is 12.1. The van der Waals surface area contributed by atoms with Gasteiger partial charge < -0.3 is 20.3 Å². The van der Waals surface area contributed by atoms with Crippen LogP contribution in [-0.2, 0) is 4.79 Å². The van der Waals surface area contributed by atoms with Crippen LogP contribution in [0.2, 0.25) is 0 Å². The first kappa shape index (κ1) is 10.9. The van der Waals surface area contributed by atoms with Crippen LogP contribution >= 0.6 is 0 Å². The van der Waals surface area contributed by atoms with E-state index in [0.29, 0.717) is 6.54 Å². The van der Waals surface area contributed by atoms with Gasteiger partial charge in [-0.25, -0.2) is 0 Å². The fourth-order valence-electron chi connectivity index (χ4n) is 2.55. The summed E-state index contributed by atoms with van der Waals surface area (Å²) in [7, 11) is -1.45. The molecular weight excluding hydrogens is 195 g/mol. The predicted molar refractivity (Wildman–Crippen MR) is 56.0 cm³/mol. The number of carbonyl (C=O) groups excluding carboxylic acids is 1. The van der Waals surface area contributed by atoms with Gasteiger partial charge in [0, 0.05) is 6.54 Å². The van der Waals surface area contributed by atoms with E-state index in [1.807, 2.05) is 0 Å². The van der Waals surface area contributed by atoms with Crippen LogP contribution in [0.4, 0.5) is 0 Å². The lowest BCUT2D eigenvalue weighted by atomic mass is 9.80. The second-order valence-corrected chi connectivity index (χ2v) is 4.52. The third kappa shape index (κ3) is 1.66. The van der Waals surface area contributed by atoms with E-state index < -0.39 is 18.6 Å². The molecule has 0 aliphatic carbocycles. The molecule has 0 unspecified atom stereocenters. The first-order chi connectivity index (χ1) is 7.07. The Hall–Kier alpha value is -0.585. The quantitative estimate of drug-likeness (QED) is 0.499. The van der Waals surface area contributed by atoms with Crippen LogP contribution in [0, 0.1) is 0 Å². The minimum atomic E-state index is -1.45. The Balaban J connectivity index is 2.10. The number of likely N-dealkylation sites (tertiary alicyclic amines) is 1. The molecule has 84 valence electrons. The molecule has 3 N–H and O–H groups in total. The van der Waals surface area contributed by atoms with Crippen molar-refractivity contribution in [3.8, 4) is 0 Å². The van der Waals surface area contributed by atoms with Gasteiger partial charge in [-0.3, -0.25) is 4.79 Å². The number of rotatable bonds is 2. The number of hydrogen-bond acceptors (Lipinski definition) is 4. The molecule has 0 aromatic rings. The van der Waals surface area contributed by atoms with Gasteiger partial charge in [0.15, 0.2) is 0 Å².